The van der Waals surface area contributed by atoms with Crippen LogP contribution in [0.4, 0.5) is 0 Å². The van der Waals surface area contributed by atoms with Crippen LogP contribution in [0.1, 0.15) is 64.9 Å². The molecule has 0 aromatic carbocycles. The zero-order chi connectivity index (χ0) is 20.2. The van der Waals surface area contributed by atoms with Crippen LogP contribution in [0.25, 0.3) is 5.57 Å². The third kappa shape index (κ3) is 2.85. The van der Waals surface area contributed by atoms with E-state index >= 15 is 0 Å². The quantitative estimate of drug-likeness (QED) is 0.468. The lowest BCUT2D eigenvalue weighted by Gasteiger charge is -2.56. The molecule has 5 atom stereocenters. The molecule has 0 spiro atoms. The molecule has 29 heavy (non-hydrogen) atoms. The molecule has 3 nitrogen and oxygen atoms in total. The van der Waals surface area contributed by atoms with Gasteiger partial charge in [-0.05, 0) is 66.6 Å². The summed E-state index contributed by atoms with van der Waals surface area (Å²) in [6, 6.07) is 4.24. The van der Waals surface area contributed by atoms with Crippen molar-refractivity contribution in [2.75, 3.05) is 0 Å². The average molecular weight is 390 g/mol. The Morgan fingerprint density at radius 3 is 2.83 bits per heavy atom. The number of fused-ring (bicyclic) bond motifs is 5. The smallest absolute Gasteiger partial charge is 0.302 e. The van der Waals surface area contributed by atoms with E-state index in [0.717, 1.165) is 25.7 Å². The summed E-state index contributed by atoms with van der Waals surface area (Å²) in [6.45, 7) is 6.45. The van der Waals surface area contributed by atoms with Crippen LogP contribution < -0.4 is 0 Å². The van der Waals surface area contributed by atoms with Crippen molar-refractivity contribution >= 4 is 11.5 Å². The number of carbonyl (C=O) groups excluding carboxylic acids is 1. The summed E-state index contributed by atoms with van der Waals surface area (Å²) >= 11 is 0. The molecule has 1 heterocycles. The summed E-state index contributed by atoms with van der Waals surface area (Å²) in [5, 5.41) is 0. The van der Waals surface area contributed by atoms with Crippen molar-refractivity contribution in [1.82, 2.24) is 4.98 Å². The van der Waals surface area contributed by atoms with E-state index in [-0.39, 0.29) is 22.9 Å². The molecule has 0 aliphatic heterocycles. The molecule has 2 fully saturated rings. The van der Waals surface area contributed by atoms with E-state index in [2.05, 4.69) is 43.1 Å². The third-order valence-corrected chi connectivity index (χ3v) is 8.41. The van der Waals surface area contributed by atoms with E-state index in [1.165, 1.54) is 30.9 Å². The molecule has 3 heteroatoms. The van der Waals surface area contributed by atoms with Gasteiger partial charge in [0, 0.05) is 31.2 Å². The number of carbonyl (C=O) groups is 1. The molecule has 0 unspecified atom stereocenters. The van der Waals surface area contributed by atoms with Crippen molar-refractivity contribution in [2.45, 2.75) is 65.4 Å². The Morgan fingerprint density at radius 1 is 1.21 bits per heavy atom. The van der Waals surface area contributed by atoms with Gasteiger partial charge in [-0.15, -0.1) is 0 Å². The summed E-state index contributed by atoms with van der Waals surface area (Å²) < 4.78 is 5.56. The minimum atomic E-state index is -0.147. The van der Waals surface area contributed by atoms with Gasteiger partial charge >= 0.3 is 5.97 Å². The molecule has 0 bridgehead atoms. The van der Waals surface area contributed by atoms with Gasteiger partial charge in [0.1, 0.15) is 6.10 Å². The van der Waals surface area contributed by atoms with E-state index in [1.807, 2.05) is 18.5 Å². The van der Waals surface area contributed by atoms with Gasteiger partial charge in [-0.2, -0.15) is 0 Å². The van der Waals surface area contributed by atoms with Crippen LogP contribution in [-0.4, -0.2) is 17.1 Å². The molecule has 4 aliphatic rings. The Bertz CT molecular complexity index is 927. The molecular formula is C26H31NO2. The number of hydrogen-bond donors (Lipinski definition) is 0. The van der Waals surface area contributed by atoms with E-state index in [4.69, 9.17) is 4.74 Å². The molecule has 0 radical (unpaired) electrons. The Morgan fingerprint density at radius 2 is 2.07 bits per heavy atom. The second-order valence-electron chi connectivity index (χ2n) is 9.88. The van der Waals surface area contributed by atoms with Crippen LogP contribution in [0, 0.1) is 22.7 Å². The van der Waals surface area contributed by atoms with Crippen LogP contribution in [0.2, 0.25) is 0 Å². The minimum Gasteiger partial charge on any atom is -0.462 e. The topological polar surface area (TPSA) is 39.2 Å². The first kappa shape index (κ1) is 18.8. The highest BCUT2D eigenvalue weighted by Crippen LogP contribution is 2.64. The largest absolute Gasteiger partial charge is 0.462 e. The molecule has 1 aromatic heterocycles. The summed E-state index contributed by atoms with van der Waals surface area (Å²) in [5.74, 6) is 1.17. The number of ether oxygens (including phenoxy) is 1. The molecule has 2 saturated carbocycles. The van der Waals surface area contributed by atoms with Gasteiger partial charge in [0.2, 0.25) is 0 Å². The van der Waals surface area contributed by atoms with Gasteiger partial charge in [-0.25, -0.2) is 0 Å². The number of aromatic nitrogens is 1. The minimum absolute atomic E-state index is 0.0711. The van der Waals surface area contributed by atoms with E-state index in [0.29, 0.717) is 11.8 Å². The number of rotatable bonds is 2. The molecule has 4 aliphatic carbocycles. The first-order valence-corrected chi connectivity index (χ1v) is 11.1. The van der Waals surface area contributed by atoms with Crippen molar-refractivity contribution in [2.24, 2.45) is 22.7 Å². The van der Waals surface area contributed by atoms with Crippen LogP contribution in [0.5, 0.6) is 0 Å². The maximum atomic E-state index is 11.4. The summed E-state index contributed by atoms with van der Waals surface area (Å²) in [6.07, 6.45) is 17.8. The molecular weight excluding hydrogens is 358 g/mol. The number of esters is 1. The Hall–Kier alpha value is -2.16. The van der Waals surface area contributed by atoms with E-state index < -0.39 is 0 Å². The molecule has 0 saturated heterocycles. The zero-order valence-corrected chi connectivity index (χ0v) is 17.8. The second-order valence-corrected chi connectivity index (χ2v) is 9.88. The first-order valence-electron chi connectivity index (χ1n) is 11.1. The van der Waals surface area contributed by atoms with Gasteiger partial charge in [0.05, 0.1) is 0 Å². The summed E-state index contributed by atoms with van der Waals surface area (Å²) in [5.41, 5.74) is 6.27. The number of allylic oxidation sites excluding steroid dienone is 5. The standard InChI is InChI=1S/C26H31NO2/c1-17(28)29-20-10-12-25(2)19(15-20)6-7-21-23-9-8-22(18-5-4-14-27-16-18)26(23,3)13-11-24(21)25/h4-6,8-9,14,16,20-21,24H,7,10-13,15H2,1-3H3/t20-,21+,24+,25+,26-/m1/s1. The van der Waals surface area contributed by atoms with E-state index in [9.17, 15) is 4.79 Å². The molecule has 0 N–H and O–H groups in total. The summed E-state index contributed by atoms with van der Waals surface area (Å²) in [7, 11) is 0. The fourth-order valence-electron chi connectivity index (χ4n) is 6.91. The van der Waals surface area contributed by atoms with Crippen LogP contribution in [0.3, 0.4) is 0 Å². The second kappa shape index (κ2) is 6.68. The first-order chi connectivity index (χ1) is 13.9. The Kier molecular flexibility index (Phi) is 4.34. The van der Waals surface area contributed by atoms with Crippen molar-refractivity contribution in [3.63, 3.8) is 0 Å². The number of nitrogens with zero attached hydrogens (tertiary/aromatic N) is 1. The van der Waals surface area contributed by atoms with Crippen molar-refractivity contribution in [1.29, 1.82) is 0 Å². The highest BCUT2D eigenvalue weighted by Gasteiger charge is 2.54. The predicted molar refractivity (Wildman–Crippen MR) is 115 cm³/mol. The van der Waals surface area contributed by atoms with Gasteiger partial charge in [-0.1, -0.05) is 49.3 Å². The van der Waals surface area contributed by atoms with E-state index in [1.54, 1.807) is 11.1 Å². The van der Waals surface area contributed by atoms with Gasteiger partial charge in [0.25, 0.3) is 0 Å². The number of pyridine rings is 1. The van der Waals surface area contributed by atoms with Gasteiger partial charge in [-0.3, -0.25) is 9.78 Å². The third-order valence-electron chi connectivity index (χ3n) is 8.41. The highest BCUT2D eigenvalue weighted by atomic mass is 16.5. The zero-order valence-electron chi connectivity index (χ0n) is 17.8. The molecule has 152 valence electrons. The normalized spacial score (nSPS) is 38.0. The van der Waals surface area contributed by atoms with Crippen LogP contribution in [0.15, 0.2) is 53.9 Å². The highest BCUT2D eigenvalue weighted by molar-refractivity contribution is 5.78. The Balaban J connectivity index is 1.42. The summed E-state index contributed by atoms with van der Waals surface area (Å²) in [4.78, 5) is 15.8. The van der Waals surface area contributed by atoms with Crippen molar-refractivity contribution < 1.29 is 9.53 Å². The maximum Gasteiger partial charge on any atom is 0.302 e. The molecule has 0 amide bonds. The van der Waals surface area contributed by atoms with Crippen LogP contribution >= 0.6 is 0 Å². The SMILES string of the molecule is CC(=O)O[C@@H]1CC[C@@]2(C)C(=CC[C@H]3C4=CC=C(c5cccnc5)[C@@]4(C)CC[C@@H]32)C1. The predicted octanol–water partition coefficient (Wildman–Crippen LogP) is 5.89. The monoisotopic (exact) mass is 389 g/mol. The Labute approximate surface area is 173 Å². The maximum absolute atomic E-state index is 11.4. The average Bonchev–Trinajstić information content (AvgIpc) is 3.06. The van der Waals surface area contributed by atoms with Crippen molar-refractivity contribution in [3.05, 3.63) is 59.5 Å². The van der Waals surface area contributed by atoms with Crippen LogP contribution in [-0.2, 0) is 9.53 Å². The fraction of sp³-hybridized carbons (Fsp3) is 0.538. The van der Waals surface area contributed by atoms with Crippen molar-refractivity contribution in [3.8, 4) is 0 Å². The lowest BCUT2D eigenvalue weighted by Crippen LogP contribution is -2.47. The molecule has 1 aromatic rings. The van der Waals surface area contributed by atoms with Gasteiger partial charge < -0.3 is 4.74 Å². The lowest BCUT2D eigenvalue weighted by atomic mass is 9.49. The molecule has 5 rings (SSSR count). The lowest BCUT2D eigenvalue weighted by molar-refractivity contribution is -0.148. The number of hydrogen-bond acceptors (Lipinski definition) is 3. The fourth-order valence-corrected chi connectivity index (χ4v) is 6.91. The van der Waals surface area contributed by atoms with Gasteiger partial charge in [0.15, 0.2) is 0 Å².